The topological polar surface area (TPSA) is 55.2 Å². The molecule has 0 radical (unpaired) electrons. The number of halogens is 1. The predicted octanol–water partition coefficient (Wildman–Crippen LogP) is 4.92. The van der Waals surface area contributed by atoms with E-state index in [2.05, 4.69) is 28.2 Å². The lowest BCUT2D eigenvalue weighted by molar-refractivity contribution is -0.384. The normalized spacial score (nSPS) is 11.9. The summed E-state index contributed by atoms with van der Waals surface area (Å²) in [4.78, 5) is 10.5. The summed E-state index contributed by atoms with van der Waals surface area (Å²) in [5.74, 6) is 0. The number of nitro benzene ring substituents is 1. The van der Waals surface area contributed by atoms with Crippen LogP contribution in [-0.4, -0.2) is 4.92 Å². The van der Waals surface area contributed by atoms with Gasteiger partial charge in [0.25, 0.3) is 5.69 Å². The highest BCUT2D eigenvalue weighted by atomic mass is 79.9. The lowest BCUT2D eigenvalue weighted by atomic mass is 10.0. The van der Waals surface area contributed by atoms with E-state index in [1.165, 1.54) is 6.07 Å². The molecule has 1 atom stereocenters. The highest BCUT2D eigenvalue weighted by Crippen LogP contribution is 2.26. The second kappa shape index (κ2) is 6.52. The van der Waals surface area contributed by atoms with Crippen LogP contribution < -0.4 is 5.32 Å². The SMILES string of the molecule is CCC(Nc1cccc(Br)c1)c1cccc([N+](=O)[O-])c1. The highest BCUT2D eigenvalue weighted by Gasteiger charge is 2.13. The van der Waals surface area contributed by atoms with E-state index in [0.29, 0.717) is 0 Å². The molecule has 0 aliphatic carbocycles. The van der Waals surface area contributed by atoms with Crippen molar-refractivity contribution in [2.45, 2.75) is 19.4 Å². The van der Waals surface area contributed by atoms with Crippen molar-refractivity contribution in [3.05, 3.63) is 68.7 Å². The van der Waals surface area contributed by atoms with E-state index in [-0.39, 0.29) is 16.7 Å². The molecule has 0 aromatic heterocycles. The summed E-state index contributed by atoms with van der Waals surface area (Å²) in [6.45, 7) is 2.05. The summed E-state index contributed by atoms with van der Waals surface area (Å²) < 4.78 is 0.997. The van der Waals surface area contributed by atoms with Crippen molar-refractivity contribution in [2.75, 3.05) is 5.32 Å². The van der Waals surface area contributed by atoms with Crippen LogP contribution in [-0.2, 0) is 0 Å². The Hall–Kier alpha value is -1.88. The average molecular weight is 335 g/mol. The zero-order valence-electron chi connectivity index (χ0n) is 11.0. The zero-order chi connectivity index (χ0) is 14.5. The summed E-state index contributed by atoms with van der Waals surface area (Å²) >= 11 is 3.43. The van der Waals surface area contributed by atoms with E-state index in [0.717, 1.165) is 22.1 Å². The first kappa shape index (κ1) is 14.5. The number of hydrogen-bond donors (Lipinski definition) is 1. The van der Waals surface area contributed by atoms with Crippen molar-refractivity contribution in [1.82, 2.24) is 0 Å². The number of hydrogen-bond acceptors (Lipinski definition) is 3. The van der Waals surface area contributed by atoms with Crippen LogP contribution >= 0.6 is 15.9 Å². The van der Waals surface area contributed by atoms with Crippen LogP contribution in [0.15, 0.2) is 53.0 Å². The van der Waals surface area contributed by atoms with Gasteiger partial charge in [-0.15, -0.1) is 0 Å². The molecule has 0 saturated carbocycles. The van der Waals surface area contributed by atoms with Crippen molar-refractivity contribution in [2.24, 2.45) is 0 Å². The molecule has 1 unspecified atom stereocenters. The Kier molecular flexibility index (Phi) is 4.74. The van der Waals surface area contributed by atoms with Crippen LogP contribution in [0.1, 0.15) is 24.9 Å². The fraction of sp³-hybridized carbons (Fsp3) is 0.200. The molecule has 20 heavy (non-hydrogen) atoms. The monoisotopic (exact) mass is 334 g/mol. The minimum Gasteiger partial charge on any atom is -0.378 e. The Morgan fingerprint density at radius 3 is 2.65 bits per heavy atom. The van der Waals surface area contributed by atoms with Crippen LogP contribution in [0.3, 0.4) is 0 Å². The van der Waals surface area contributed by atoms with E-state index in [4.69, 9.17) is 0 Å². The van der Waals surface area contributed by atoms with Gasteiger partial charge >= 0.3 is 0 Å². The molecule has 1 N–H and O–H groups in total. The quantitative estimate of drug-likeness (QED) is 0.623. The van der Waals surface area contributed by atoms with E-state index < -0.39 is 0 Å². The maximum absolute atomic E-state index is 10.8. The third kappa shape index (κ3) is 3.57. The second-order valence-electron chi connectivity index (χ2n) is 4.47. The van der Waals surface area contributed by atoms with Crippen LogP contribution in [0.25, 0.3) is 0 Å². The Bertz CT molecular complexity index is 616. The summed E-state index contributed by atoms with van der Waals surface area (Å²) in [6.07, 6.45) is 0.841. The smallest absolute Gasteiger partial charge is 0.269 e. The lowest BCUT2D eigenvalue weighted by Crippen LogP contribution is -2.09. The summed E-state index contributed by atoms with van der Waals surface area (Å²) in [6, 6.07) is 14.7. The van der Waals surface area contributed by atoms with Crippen molar-refractivity contribution in [3.8, 4) is 0 Å². The molecule has 2 aromatic carbocycles. The maximum atomic E-state index is 10.8. The molecular weight excluding hydrogens is 320 g/mol. The molecule has 104 valence electrons. The number of anilines is 1. The molecule has 5 heteroatoms. The third-order valence-electron chi connectivity index (χ3n) is 3.06. The lowest BCUT2D eigenvalue weighted by Gasteiger charge is -2.18. The second-order valence-corrected chi connectivity index (χ2v) is 5.38. The number of benzene rings is 2. The van der Waals surface area contributed by atoms with Crippen LogP contribution in [0, 0.1) is 10.1 Å². The third-order valence-corrected chi connectivity index (χ3v) is 3.55. The molecule has 0 amide bonds. The average Bonchev–Trinajstić information content (AvgIpc) is 2.45. The first-order valence-electron chi connectivity index (χ1n) is 6.36. The van der Waals surface area contributed by atoms with Gasteiger partial charge in [0, 0.05) is 22.3 Å². The van der Waals surface area contributed by atoms with E-state index in [1.807, 2.05) is 30.3 Å². The minimum absolute atomic E-state index is 0.0456. The number of rotatable bonds is 5. The van der Waals surface area contributed by atoms with Gasteiger partial charge in [0.2, 0.25) is 0 Å². The van der Waals surface area contributed by atoms with Crippen LogP contribution in [0.2, 0.25) is 0 Å². The molecule has 2 aromatic rings. The Labute approximate surface area is 126 Å². The summed E-state index contributed by atoms with van der Waals surface area (Å²) in [5, 5.41) is 14.2. The molecule has 4 nitrogen and oxygen atoms in total. The number of nitrogens with zero attached hydrogens (tertiary/aromatic N) is 1. The fourth-order valence-electron chi connectivity index (χ4n) is 2.06. The molecule has 0 aliphatic rings. The van der Waals surface area contributed by atoms with Gasteiger partial charge in [-0.1, -0.05) is 41.1 Å². The molecular formula is C15H15BrN2O2. The predicted molar refractivity (Wildman–Crippen MR) is 83.9 cm³/mol. The van der Waals surface area contributed by atoms with Crippen molar-refractivity contribution in [3.63, 3.8) is 0 Å². The molecule has 0 heterocycles. The number of non-ortho nitro benzene ring substituents is 1. The Morgan fingerprint density at radius 2 is 2.00 bits per heavy atom. The zero-order valence-corrected chi connectivity index (χ0v) is 12.6. The molecule has 0 bridgehead atoms. The molecule has 0 fully saturated rings. The van der Waals surface area contributed by atoms with Gasteiger partial charge in [-0.2, -0.15) is 0 Å². The molecule has 0 saturated heterocycles. The van der Waals surface area contributed by atoms with Gasteiger partial charge in [-0.3, -0.25) is 10.1 Å². The standard InChI is InChI=1S/C15H15BrN2O2/c1-2-15(17-13-7-4-6-12(16)10-13)11-5-3-8-14(9-11)18(19)20/h3-10,15,17H,2H2,1H3. The summed E-state index contributed by atoms with van der Waals surface area (Å²) in [5.41, 5.74) is 2.02. The van der Waals surface area contributed by atoms with Gasteiger partial charge < -0.3 is 5.32 Å². The van der Waals surface area contributed by atoms with E-state index in [9.17, 15) is 10.1 Å². The van der Waals surface area contributed by atoms with Crippen molar-refractivity contribution >= 4 is 27.3 Å². The first-order valence-corrected chi connectivity index (χ1v) is 7.16. The van der Waals surface area contributed by atoms with Gasteiger partial charge in [0.05, 0.1) is 11.0 Å². The Balaban J connectivity index is 2.24. The van der Waals surface area contributed by atoms with Crippen LogP contribution in [0.5, 0.6) is 0 Å². The minimum atomic E-state index is -0.366. The molecule has 0 aliphatic heterocycles. The largest absolute Gasteiger partial charge is 0.378 e. The Morgan fingerprint density at radius 1 is 1.25 bits per heavy atom. The molecule has 0 spiro atoms. The maximum Gasteiger partial charge on any atom is 0.269 e. The fourth-order valence-corrected chi connectivity index (χ4v) is 2.45. The van der Waals surface area contributed by atoms with Gasteiger partial charge in [-0.05, 0) is 30.2 Å². The van der Waals surface area contributed by atoms with Crippen molar-refractivity contribution in [1.29, 1.82) is 0 Å². The van der Waals surface area contributed by atoms with Gasteiger partial charge in [0.15, 0.2) is 0 Å². The number of nitrogens with one attached hydrogen (secondary N) is 1. The van der Waals surface area contributed by atoms with Gasteiger partial charge in [-0.25, -0.2) is 0 Å². The van der Waals surface area contributed by atoms with Crippen LogP contribution in [0.4, 0.5) is 11.4 Å². The number of nitro groups is 1. The molecule has 2 rings (SSSR count). The van der Waals surface area contributed by atoms with Gasteiger partial charge in [0.1, 0.15) is 0 Å². The first-order chi connectivity index (χ1) is 9.60. The van der Waals surface area contributed by atoms with Crippen molar-refractivity contribution < 1.29 is 4.92 Å². The van der Waals surface area contributed by atoms with E-state index >= 15 is 0 Å². The summed E-state index contributed by atoms with van der Waals surface area (Å²) in [7, 11) is 0. The van der Waals surface area contributed by atoms with E-state index in [1.54, 1.807) is 12.1 Å². The highest BCUT2D eigenvalue weighted by molar-refractivity contribution is 9.10.